The molecule has 0 aliphatic carbocycles. The Kier molecular flexibility index (Phi) is 11.4. The van der Waals surface area contributed by atoms with E-state index in [0.29, 0.717) is 29.4 Å². The van der Waals surface area contributed by atoms with Crippen LogP contribution in [0.4, 0.5) is 0 Å². The summed E-state index contributed by atoms with van der Waals surface area (Å²) in [5.74, 6) is 0.189. The van der Waals surface area contributed by atoms with Gasteiger partial charge in [-0.15, -0.1) is 0 Å². The minimum atomic E-state index is -0.102. The van der Waals surface area contributed by atoms with Crippen molar-refractivity contribution in [1.82, 2.24) is 0 Å². The lowest BCUT2D eigenvalue weighted by Crippen LogP contribution is -3.04. The highest BCUT2D eigenvalue weighted by molar-refractivity contribution is 6.32. The predicted octanol–water partition coefficient (Wildman–Crippen LogP) is -4.76. The number of rotatable bonds is 7. The third-order valence-electron chi connectivity index (χ3n) is 3.96. The van der Waals surface area contributed by atoms with Gasteiger partial charge in [-0.3, -0.25) is 4.79 Å². The summed E-state index contributed by atoms with van der Waals surface area (Å²) in [6, 6.07) is 11.0. The van der Waals surface area contributed by atoms with Crippen molar-refractivity contribution < 1.29 is 44.5 Å². The Hall–Kier alpha value is -1.56. The molecule has 0 saturated heterocycles. The summed E-state index contributed by atoms with van der Waals surface area (Å²) in [6.45, 7) is 1.30. The molecule has 28 heavy (non-hydrogen) atoms. The molecule has 7 heteroatoms. The number of aromatic hydroxyl groups is 1. The van der Waals surface area contributed by atoms with Crippen LogP contribution in [0, 0.1) is 0 Å². The Labute approximate surface area is 184 Å². The SMILES string of the molecule is C[NH+](C)Cc1cc(C(=O)/C=C/c2ccccc2Cl)cc(C[NH+](C)C)c1O.[Cl-].[Cl-]. The van der Waals surface area contributed by atoms with Crippen LogP contribution in [0.15, 0.2) is 42.5 Å². The molecular weight excluding hydrogens is 419 g/mol. The van der Waals surface area contributed by atoms with Crippen molar-refractivity contribution in [2.75, 3.05) is 28.2 Å². The fraction of sp³-hybridized carbons (Fsp3) is 0.286. The molecule has 154 valence electrons. The molecule has 0 aliphatic heterocycles. The molecule has 0 aromatic heterocycles. The van der Waals surface area contributed by atoms with Crippen molar-refractivity contribution in [3.8, 4) is 5.75 Å². The second kappa shape index (κ2) is 12.1. The van der Waals surface area contributed by atoms with Crippen LogP contribution in [0.5, 0.6) is 5.75 Å². The van der Waals surface area contributed by atoms with Gasteiger partial charge >= 0.3 is 0 Å². The zero-order valence-corrected chi connectivity index (χ0v) is 18.8. The largest absolute Gasteiger partial charge is 1.00 e. The lowest BCUT2D eigenvalue weighted by atomic mass is 10.00. The van der Waals surface area contributed by atoms with E-state index in [0.717, 1.165) is 16.7 Å². The van der Waals surface area contributed by atoms with E-state index in [1.807, 2.05) is 46.4 Å². The molecule has 0 fully saturated rings. The van der Waals surface area contributed by atoms with Gasteiger partial charge in [0, 0.05) is 21.7 Å². The molecule has 0 spiro atoms. The van der Waals surface area contributed by atoms with Crippen molar-refractivity contribution in [3.63, 3.8) is 0 Å². The second-order valence-corrected chi connectivity index (χ2v) is 7.54. The fourth-order valence-electron chi connectivity index (χ4n) is 2.81. The first kappa shape index (κ1) is 26.4. The van der Waals surface area contributed by atoms with E-state index in [2.05, 4.69) is 0 Å². The van der Waals surface area contributed by atoms with Crippen LogP contribution in [0.2, 0.25) is 5.02 Å². The van der Waals surface area contributed by atoms with Gasteiger partial charge in [-0.05, 0) is 35.9 Å². The van der Waals surface area contributed by atoms with E-state index < -0.39 is 0 Å². The summed E-state index contributed by atoms with van der Waals surface area (Å²) >= 11 is 6.14. The smallest absolute Gasteiger partial charge is 0.185 e. The Morgan fingerprint density at radius 3 is 1.96 bits per heavy atom. The van der Waals surface area contributed by atoms with Crippen LogP contribution in [0.1, 0.15) is 27.0 Å². The van der Waals surface area contributed by atoms with Crippen LogP contribution in [-0.2, 0) is 13.1 Å². The Morgan fingerprint density at radius 2 is 1.50 bits per heavy atom. The zero-order valence-electron chi connectivity index (χ0n) is 16.5. The van der Waals surface area contributed by atoms with Crippen LogP contribution < -0.4 is 34.6 Å². The lowest BCUT2D eigenvalue weighted by Gasteiger charge is -2.15. The maximum Gasteiger partial charge on any atom is 0.185 e. The number of allylic oxidation sites excluding steroid dienone is 1. The monoisotopic (exact) mass is 444 g/mol. The lowest BCUT2D eigenvalue weighted by molar-refractivity contribution is -0.873. The van der Waals surface area contributed by atoms with Gasteiger partial charge < -0.3 is 39.7 Å². The first-order chi connectivity index (χ1) is 12.3. The van der Waals surface area contributed by atoms with Crippen molar-refractivity contribution in [3.05, 3.63) is 69.8 Å². The Bertz CT molecular complexity index is 790. The Balaban J connectivity index is 0.00000364. The van der Waals surface area contributed by atoms with Gasteiger partial charge in [0.2, 0.25) is 0 Å². The number of phenols is 1. The van der Waals surface area contributed by atoms with Gasteiger partial charge in [-0.25, -0.2) is 0 Å². The van der Waals surface area contributed by atoms with Gasteiger partial charge in [0.1, 0.15) is 18.8 Å². The summed E-state index contributed by atoms with van der Waals surface area (Å²) in [5.41, 5.74) is 2.97. The maximum atomic E-state index is 12.7. The molecule has 0 atom stereocenters. The van der Waals surface area contributed by atoms with Crippen LogP contribution in [-0.4, -0.2) is 39.1 Å². The molecule has 4 nitrogen and oxygen atoms in total. The van der Waals surface area contributed by atoms with Crippen LogP contribution in [0.25, 0.3) is 6.08 Å². The number of phenolic OH excluding ortho intramolecular Hbond substituents is 1. The highest BCUT2D eigenvalue weighted by Crippen LogP contribution is 2.25. The van der Waals surface area contributed by atoms with Gasteiger partial charge in [-0.1, -0.05) is 29.8 Å². The van der Waals surface area contributed by atoms with E-state index >= 15 is 0 Å². The standard InChI is InChI=1S/C21H25ClN2O2.2ClH/c1-23(2)13-17-11-16(12-18(21(17)26)14-24(3)4)20(25)10-9-15-7-5-6-8-19(15)22;;/h5-12,26H,13-14H2,1-4H3;2*1H/b10-9+;;. The number of halogens is 3. The highest BCUT2D eigenvalue weighted by atomic mass is 35.5. The average Bonchev–Trinajstić information content (AvgIpc) is 2.56. The third kappa shape index (κ3) is 7.46. The molecule has 0 unspecified atom stereocenters. The summed E-state index contributed by atoms with van der Waals surface area (Å²) in [6.07, 6.45) is 3.26. The summed E-state index contributed by atoms with van der Waals surface area (Å²) in [7, 11) is 8.06. The molecule has 0 heterocycles. The number of hydrogen-bond donors (Lipinski definition) is 3. The third-order valence-corrected chi connectivity index (χ3v) is 4.30. The zero-order chi connectivity index (χ0) is 19.3. The van der Waals surface area contributed by atoms with E-state index in [-0.39, 0.29) is 30.6 Å². The van der Waals surface area contributed by atoms with Crippen molar-refractivity contribution in [1.29, 1.82) is 0 Å². The predicted molar refractivity (Wildman–Crippen MR) is 106 cm³/mol. The quantitative estimate of drug-likeness (QED) is 0.296. The molecular formula is C21H27Cl3N2O2. The summed E-state index contributed by atoms with van der Waals surface area (Å²) in [5, 5.41) is 11.2. The molecule has 2 aromatic carbocycles. The molecule has 0 aliphatic rings. The van der Waals surface area contributed by atoms with E-state index in [9.17, 15) is 9.90 Å². The number of carbonyl (C=O) groups is 1. The molecule has 2 aromatic rings. The highest BCUT2D eigenvalue weighted by Gasteiger charge is 2.17. The van der Waals surface area contributed by atoms with Gasteiger partial charge in [0.05, 0.1) is 28.2 Å². The average molecular weight is 446 g/mol. The summed E-state index contributed by atoms with van der Waals surface area (Å²) < 4.78 is 0. The minimum absolute atomic E-state index is 0. The number of quaternary nitrogens is 2. The normalized spacial score (nSPS) is 10.8. The number of ketones is 1. The minimum Gasteiger partial charge on any atom is -1.00 e. The van der Waals surface area contributed by atoms with Gasteiger partial charge in [0.15, 0.2) is 5.78 Å². The Morgan fingerprint density at radius 1 is 1.00 bits per heavy atom. The van der Waals surface area contributed by atoms with Gasteiger partial charge in [0.25, 0.3) is 0 Å². The number of carbonyl (C=O) groups excluding carboxylic acids is 1. The molecule has 2 rings (SSSR count). The van der Waals surface area contributed by atoms with Crippen molar-refractivity contribution in [2.45, 2.75) is 13.1 Å². The van der Waals surface area contributed by atoms with Crippen molar-refractivity contribution in [2.24, 2.45) is 0 Å². The topological polar surface area (TPSA) is 46.2 Å². The van der Waals surface area contributed by atoms with Crippen molar-refractivity contribution >= 4 is 23.5 Å². The first-order valence-corrected chi connectivity index (χ1v) is 9.05. The van der Waals surface area contributed by atoms with Gasteiger partial charge in [-0.2, -0.15) is 0 Å². The molecule has 0 radical (unpaired) electrons. The molecule has 0 saturated carbocycles. The molecule has 3 N–H and O–H groups in total. The van der Waals surface area contributed by atoms with E-state index in [1.165, 1.54) is 15.9 Å². The molecule has 0 bridgehead atoms. The van der Waals surface area contributed by atoms with Crippen LogP contribution >= 0.6 is 11.6 Å². The second-order valence-electron chi connectivity index (χ2n) is 7.13. The number of benzene rings is 2. The maximum absolute atomic E-state index is 12.7. The van der Waals surface area contributed by atoms with E-state index in [1.54, 1.807) is 24.3 Å². The first-order valence-electron chi connectivity index (χ1n) is 8.67. The van der Waals surface area contributed by atoms with E-state index in [4.69, 9.17) is 11.6 Å². The van der Waals surface area contributed by atoms with Crippen LogP contribution in [0.3, 0.4) is 0 Å². The molecule has 0 amide bonds. The summed E-state index contributed by atoms with van der Waals surface area (Å²) in [4.78, 5) is 15.1. The number of hydrogen-bond acceptors (Lipinski definition) is 2. The fourth-order valence-corrected chi connectivity index (χ4v) is 3.00. The number of nitrogens with one attached hydrogen (secondary N) is 2.